The third-order valence-electron chi connectivity index (χ3n) is 7.46. The Kier molecular flexibility index (Phi) is 15.5. The highest BCUT2D eigenvalue weighted by atomic mass is 16.5. The fourth-order valence-electron chi connectivity index (χ4n) is 5.33. The lowest BCUT2D eigenvalue weighted by molar-refractivity contribution is 0.279. The second kappa shape index (κ2) is 18.2. The average molecular weight is 459 g/mol. The van der Waals surface area contributed by atoms with Gasteiger partial charge in [0.2, 0.25) is 0 Å². The Labute approximate surface area is 206 Å². The van der Waals surface area contributed by atoms with Crippen LogP contribution >= 0.6 is 0 Å². The Morgan fingerprint density at radius 1 is 0.636 bits per heavy atom. The maximum atomic E-state index is 6.18. The highest BCUT2D eigenvalue weighted by Gasteiger charge is 2.25. The molecule has 0 radical (unpaired) electrons. The Hall–Kier alpha value is -1.18. The molecule has 0 aromatic heterocycles. The quantitative estimate of drug-likeness (QED) is 0.192. The molecule has 0 unspecified atom stereocenters. The van der Waals surface area contributed by atoms with E-state index in [1.165, 1.54) is 115 Å². The SMILES string of the molecule is CCCCCCCCCOc1ccc(OCCC)c(C2CCC(CCCCCCC)CC2)c1. The Morgan fingerprint density at radius 3 is 1.94 bits per heavy atom. The first-order chi connectivity index (χ1) is 16.3. The molecule has 2 heteroatoms. The van der Waals surface area contributed by atoms with Gasteiger partial charge in [-0.15, -0.1) is 0 Å². The number of unbranched alkanes of at least 4 members (excludes halogenated alkanes) is 10. The van der Waals surface area contributed by atoms with E-state index in [-0.39, 0.29) is 0 Å². The minimum absolute atomic E-state index is 0.635. The molecule has 1 saturated carbocycles. The molecule has 1 aliphatic carbocycles. The number of benzene rings is 1. The molecule has 0 atom stereocenters. The molecule has 0 amide bonds. The Morgan fingerprint density at radius 2 is 1.27 bits per heavy atom. The first-order valence-corrected chi connectivity index (χ1v) is 14.7. The number of hydrogen-bond acceptors (Lipinski definition) is 2. The lowest BCUT2D eigenvalue weighted by Crippen LogP contribution is -2.14. The van der Waals surface area contributed by atoms with Crippen molar-refractivity contribution in [1.29, 1.82) is 0 Å². The molecule has 2 rings (SSSR count). The molecule has 2 nitrogen and oxygen atoms in total. The molecular weight excluding hydrogens is 404 g/mol. The van der Waals surface area contributed by atoms with Gasteiger partial charge in [-0.05, 0) is 68.6 Å². The molecule has 0 N–H and O–H groups in total. The van der Waals surface area contributed by atoms with Gasteiger partial charge in [-0.1, -0.05) is 97.8 Å². The van der Waals surface area contributed by atoms with Gasteiger partial charge in [0.05, 0.1) is 13.2 Å². The van der Waals surface area contributed by atoms with Crippen LogP contribution in [0.5, 0.6) is 11.5 Å². The van der Waals surface area contributed by atoms with Gasteiger partial charge < -0.3 is 9.47 Å². The van der Waals surface area contributed by atoms with E-state index >= 15 is 0 Å². The van der Waals surface area contributed by atoms with E-state index < -0.39 is 0 Å². The highest BCUT2D eigenvalue weighted by molar-refractivity contribution is 5.42. The summed E-state index contributed by atoms with van der Waals surface area (Å²) in [5.41, 5.74) is 1.40. The molecular formula is C31H54O2. The molecule has 1 aromatic carbocycles. The van der Waals surface area contributed by atoms with Crippen molar-refractivity contribution < 1.29 is 9.47 Å². The molecule has 0 bridgehead atoms. The van der Waals surface area contributed by atoms with Gasteiger partial charge in [0, 0.05) is 5.56 Å². The van der Waals surface area contributed by atoms with Crippen LogP contribution in [0.2, 0.25) is 0 Å². The van der Waals surface area contributed by atoms with Crippen molar-refractivity contribution in [1.82, 2.24) is 0 Å². The zero-order chi connectivity index (χ0) is 23.6. The van der Waals surface area contributed by atoms with Crippen LogP contribution in [0.25, 0.3) is 0 Å². The molecule has 0 aliphatic heterocycles. The molecule has 0 spiro atoms. The summed E-state index contributed by atoms with van der Waals surface area (Å²) in [6.45, 7) is 8.41. The van der Waals surface area contributed by atoms with Crippen LogP contribution in [0.4, 0.5) is 0 Å². The minimum atomic E-state index is 0.635. The maximum absolute atomic E-state index is 6.18. The summed E-state index contributed by atoms with van der Waals surface area (Å²) >= 11 is 0. The first-order valence-electron chi connectivity index (χ1n) is 14.7. The third kappa shape index (κ3) is 11.7. The Bertz CT molecular complexity index is 589. The second-order valence-electron chi connectivity index (χ2n) is 10.4. The fourth-order valence-corrected chi connectivity index (χ4v) is 5.33. The lowest BCUT2D eigenvalue weighted by Gasteiger charge is -2.30. The molecule has 190 valence electrons. The predicted octanol–water partition coefficient (Wildman–Crippen LogP) is 10.2. The van der Waals surface area contributed by atoms with E-state index in [2.05, 4.69) is 39.0 Å². The first kappa shape index (κ1) is 28.1. The summed E-state index contributed by atoms with van der Waals surface area (Å²) in [7, 11) is 0. The van der Waals surface area contributed by atoms with Crippen molar-refractivity contribution in [2.45, 2.75) is 142 Å². The van der Waals surface area contributed by atoms with E-state index in [4.69, 9.17) is 9.47 Å². The van der Waals surface area contributed by atoms with Crippen LogP contribution in [0.3, 0.4) is 0 Å². The van der Waals surface area contributed by atoms with Gasteiger partial charge >= 0.3 is 0 Å². The van der Waals surface area contributed by atoms with Gasteiger partial charge in [-0.3, -0.25) is 0 Å². The zero-order valence-electron chi connectivity index (χ0n) is 22.3. The summed E-state index contributed by atoms with van der Waals surface area (Å²) in [6.07, 6.45) is 24.2. The standard InChI is InChI=1S/C31H54O2/c1-4-7-9-11-12-14-16-25-32-29-22-23-31(33-24-6-3)30(26-29)28-20-18-27(19-21-28)17-15-13-10-8-5-2/h22-23,26-28H,4-21,24-25H2,1-3H3. The van der Waals surface area contributed by atoms with E-state index in [1.54, 1.807) is 0 Å². The number of ether oxygens (including phenoxy) is 2. The van der Waals surface area contributed by atoms with Crippen LogP contribution in [-0.2, 0) is 0 Å². The van der Waals surface area contributed by atoms with Crippen LogP contribution < -0.4 is 9.47 Å². The predicted molar refractivity (Wildman–Crippen MR) is 144 cm³/mol. The van der Waals surface area contributed by atoms with Crippen LogP contribution in [0, 0.1) is 5.92 Å². The fraction of sp³-hybridized carbons (Fsp3) is 0.806. The van der Waals surface area contributed by atoms with Crippen LogP contribution in [-0.4, -0.2) is 13.2 Å². The second-order valence-corrected chi connectivity index (χ2v) is 10.4. The van der Waals surface area contributed by atoms with Crippen molar-refractivity contribution in [3.8, 4) is 11.5 Å². The average Bonchev–Trinajstić information content (AvgIpc) is 2.85. The normalized spacial score (nSPS) is 18.4. The van der Waals surface area contributed by atoms with Crippen molar-refractivity contribution in [2.75, 3.05) is 13.2 Å². The smallest absolute Gasteiger partial charge is 0.123 e. The number of hydrogen-bond donors (Lipinski definition) is 0. The van der Waals surface area contributed by atoms with E-state index in [9.17, 15) is 0 Å². The van der Waals surface area contributed by atoms with Gasteiger partial charge in [0.1, 0.15) is 11.5 Å². The lowest BCUT2D eigenvalue weighted by atomic mass is 9.76. The van der Waals surface area contributed by atoms with E-state index in [1.807, 2.05) is 0 Å². The molecule has 1 aromatic rings. The van der Waals surface area contributed by atoms with Crippen LogP contribution in [0.15, 0.2) is 18.2 Å². The van der Waals surface area contributed by atoms with Crippen molar-refractivity contribution in [3.63, 3.8) is 0 Å². The van der Waals surface area contributed by atoms with Crippen LogP contribution in [0.1, 0.15) is 148 Å². The largest absolute Gasteiger partial charge is 0.494 e. The maximum Gasteiger partial charge on any atom is 0.123 e. The molecule has 1 aliphatic rings. The third-order valence-corrected chi connectivity index (χ3v) is 7.46. The molecule has 1 fully saturated rings. The monoisotopic (exact) mass is 458 g/mol. The van der Waals surface area contributed by atoms with Gasteiger partial charge in [0.25, 0.3) is 0 Å². The summed E-state index contributed by atoms with van der Waals surface area (Å²) in [6, 6.07) is 6.60. The van der Waals surface area contributed by atoms with Crippen molar-refractivity contribution in [2.24, 2.45) is 5.92 Å². The van der Waals surface area contributed by atoms with E-state index in [0.717, 1.165) is 37.1 Å². The Balaban J connectivity index is 1.80. The van der Waals surface area contributed by atoms with Crippen molar-refractivity contribution in [3.05, 3.63) is 23.8 Å². The summed E-state index contributed by atoms with van der Waals surface area (Å²) < 4.78 is 12.3. The summed E-state index contributed by atoms with van der Waals surface area (Å²) in [4.78, 5) is 0. The topological polar surface area (TPSA) is 18.5 Å². The van der Waals surface area contributed by atoms with Gasteiger partial charge in [-0.2, -0.15) is 0 Å². The van der Waals surface area contributed by atoms with E-state index in [0.29, 0.717) is 5.92 Å². The summed E-state index contributed by atoms with van der Waals surface area (Å²) in [5.74, 6) is 3.72. The summed E-state index contributed by atoms with van der Waals surface area (Å²) in [5, 5.41) is 0. The van der Waals surface area contributed by atoms with Crippen molar-refractivity contribution >= 4 is 0 Å². The minimum Gasteiger partial charge on any atom is -0.494 e. The molecule has 0 heterocycles. The van der Waals surface area contributed by atoms with Gasteiger partial charge in [0.15, 0.2) is 0 Å². The molecule has 0 saturated heterocycles. The highest BCUT2D eigenvalue weighted by Crippen LogP contribution is 2.42. The van der Waals surface area contributed by atoms with Gasteiger partial charge in [-0.25, -0.2) is 0 Å². The molecule has 33 heavy (non-hydrogen) atoms. The zero-order valence-corrected chi connectivity index (χ0v) is 22.3. The number of rotatable bonds is 19.